The van der Waals surface area contributed by atoms with Crippen LogP contribution in [0.4, 0.5) is 0 Å². The van der Waals surface area contributed by atoms with Gasteiger partial charge in [0.2, 0.25) is 0 Å². The van der Waals surface area contributed by atoms with Gasteiger partial charge in [-0.2, -0.15) is 0 Å². The maximum absolute atomic E-state index is 11.9. The minimum Gasteiger partial charge on any atom is -0.508 e. The summed E-state index contributed by atoms with van der Waals surface area (Å²) in [6.07, 6.45) is 1.13. The Hall–Kier alpha value is -1.75. The van der Waals surface area contributed by atoms with E-state index in [1.54, 1.807) is 22.8 Å². The van der Waals surface area contributed by atoms with Crippen LogP contribution in [0.25, 0.3) is 11.0 Å². The number of likely N-dealkylation sites (tertiary alicyclic amines) is 1. The molecular weight excluding hydrogens is 230 g/mol. The van der Waals surface area contributed by atoms with Crippen molar-refractivity contribution in [2.24, 2.45) is 5.92 Å². The minimum absolute atomic E-state index is 0.0925. The Morgan fingerprint density at radius 1 is 1.50 bits per heavy atom. The second-order valence-corrected chi connectivity index (χ2v) is 5.16. The fourth-order valence-corrected chi connectivity index (χ4v) is 2.77. The molecule has 1 aromatic heterocycles. The predicted octanol–water partition coefficient (Wildman–Crippen LogP) is 0.987. The molecule has 2 aromatic rings. The van der Waals surface area contributed by atoms with Crippen LogP contribution in [0.15, 0.2) is 23.0 Å². The quantitative estimate of drug-likeness (QED) is 0.832. The molecule has 0 aliphatic carbocycles. The van der Waals surface area contributed by atoms with Gasteiger partial charge < -0.3 is 15.0 Å². The van der Waals surface area contributed by atoms with E-state index in [0.29, 0.717) is 11.4 Å². The van der Waals surface area contributed by atoms with E-state index < -0.39 is 0 Å². The minimum atomic E-state index is -0.0925. The number of aromatic amines is 1. The lowest BCUT2D eigenvalue weighted by atomic mass is 10.1. The third-order valence-electron chi connectivity index (χ3n) is 3.69. The summed E-state index contributed by atoms with van der Waals surface area (Å²) in [5.74, 6) is 0.706. The molecule has 0 amide bonds. The molecule has 0 bridgehead atoms. The molecule has 18 heavy (non-hydrogen) atoms. The number of aromatic hydroxyl groups is 1. The van der Waals surface area contributed by atoms with E-state index in [-0.39, 0.29) is 11.4 Å². The number of phenolic OH excluding ortho intramolecular Hbond substituents is 1. The molecule has 2 heterocycles. The van der Waals surface area contributed by atoms with E-state index in [1.165, 1.54) is 0 Å². The van der Waals surface area contributed by atoms with Gasteiger partial charge in [0, 0.05) is 19.2 Å². The Morgan fingerprint density at radius 3 is 3.06 bits per heavy atom. The van der Waals surface area contributed by atoms with Crippen molar-refractivity contribution in [1.82, 2.24) is 14.5 Å². The lowest BCUT2D eigenvalue weighted by molar-refractivity contribution is 0.378. The third-order valence-corrected chi connectivity index (χ3v) is 3.69. The van der Waals surface area contributed by atoms with Crippen molar-refractivity contribution >= 4 is 11.0 Å². The van der Waals surface area contributed by atoms with Crippen LogP contribution in [0, 0.1) is 5.92 Å². The van der Waals surface area contributed by atoms with Crippen molar-refractivity contribution in [2.45, 2.75) is 13.0 Å². The van der Waals surface area contributed by atoms with E-state index >= 15 is 0 Å². The van der Waals surface area contributed by atoms with Crippen molar-refractivity contribution in [3.05, 3.63) is 28.7 Å². The normalized spacial score (nSPS) is 20.8. The van der Waals surface area contributed by atoms with Crippen molar-refractivity contribution in [3.63, 3.8) is 0 Å². The molecule has 5 nitrogen and oxygen atoms in total. The average Bonchev–Trinajstić information content (AvgIpc) is 2.84. The Labute approximate surface area is 105 Å². The van der Waals surface area contributed by atoms with E-state index in [2.05, 4.69) is 16.9 Å². The number of hydrogen-bond acceptors (Lipinski definition) is 3. The first-order valence-electron chi connectivity index (χ1n) is 6.23. The number of nitrogens with one attached hydrogen (secondary N) is 1. The molecule has 1 atom stereocenters. The number of benzene rings is 1. The van der Waals surface area contributed by atoms with Gasteiger partial charge in [0.1, 0.15) is 5.75 Å². The summed E-state index contributed by atoms with van der Waals surface area (Å²) in [6, 6.07) is 5.00. The largest absolute Gasteiger partial charge is 0.508 e. The van der Waals surface area contributed by atoms with Crippen LogP contribution in [0.5, 0.6) is 5.75 Å². The van der Waals surface area contributed by atoms with Crippen molar-refractivity contribution in [2.75, 3.05) is 20.1 Å². The number of fused-ring (bicyclic) bond motifs is 1. The summed E-state index contributed by atoms with van der Waals surface area (Å²) in [4.78, 5) is 17.0. The maximum atomic E-state index is 11.9. The topological polar surface area (TPSA) is 61.3 Å². The fourth-order valence-electron chi connectivity index (χ4n) is 2.77. The van der Waals surface area contributed by atoms with Crippen LogP contribution in [-0.4, -0.2) is 39.7 Å². The summed E-state index contributed by atoms with van der Waals surface area (Å²) in [7, 11) is 2.11. The van der Waals surface area contributed by atoms with E-state index in [1.807, 2.05) is 0 Å². The smallest absolute Gasteiger partial charge is 0.326 e. The zero-order valence-corrected chi connectivity index (χ0v) is 10.4. The van der Waals surface area contributed by atoms with E-state index in [9.17, 15) is 9.90 Å². The van der Waals surface area contributed by atoms with Gasteiger partial charge in [-0.15, -0.1) is 0 Å². The van der Waals surface area contributed by atoms with Crippen LogP contribution in [0.1, 0.15) is 6.42 Å². The molecule has 3 rings (SSSR count). The number of H-pyrrole nitrogens is 1. The van der Waals surface area contributed by atoms with E-state index in [0.717, 1.165) is 31.6 Å². The molecule has 0 spiro atoms. The van der Waals surface area contributed by atoms with Crippen LogP contribution >= 0.6 is 0 Å². The average molecular weight is 247 g/mol. The Bertz CT molecular complexity index is 629. The lowest BCUT2D eigenvalue weighted by Gasteiger charge is -2.11. The van der Waals surface area contributed by atoms with Crippen molar-refractivity contribution < 1.29 is 5.11 Å². The summed E-state index contributed by atoms with van der Waals surface area (Å²) in [5, 5.41) is 9.41. The summed E-state index contributed by atoms with van der Waals surface area (Å²) in [5.41, 5.74) is 1.48. The standard InChI is InChI=1S/C13H17N3O2/c1-15-5-4-9(7-15)8-16-12-3-2-10(17)6-11(12)14-13(16)18/h2-3,6,9,17H,4-5,7-8H2,1H3,(H,14,18). The summed E-state index contributed by atoms with van der Waals surface area (Å²) < 4.78 is 1.78. The second kappa shape index (κ2) is 4.17. The van der Waals surface area contributed by atoms with E-state index in [4.69, 9.17) is 0 Å². The number of hydrogen-bond donors (Lipinski definition) is 2. The van der Waals surface area contributed by atoms with Crippen molar-refractivity contribution in [1.29, 1.82) is 0 Å². The lowest BCUT2D eigenvalue weighted by Crippen LogP contribution is -2.23. The first-order chi connectivity index (χ1) is 8.63. The monoisotopic (exact) mass is 247 g/mol. The molecule has 1 fully saturated rings. The number of nitrogens with zero attached hydrogens (tertiary/aromatic N) is 2. The van der Waals surface area contributed by atoms with Crippen LogP contribution in [0.3, 0.4) is 0 Å². The number of rotatable bonds is 2. The van der Waals surface area contributed by atoms with Crippen molar-refractivity contribution in [3.8, 4) is 5.75 Å². The zero-order chi connectivity index (χ0) is 12.7. The molecule has 0 saturated carbocycles. The van der Waals surface area contributed by atoms with Gasteiger partial charge in [0.05, 0.1) is 11.0 Å². The second-order valence-electron chi connectivity index (χ2n) is 5.16. The zero-order valence-electron chi connectivity index (χ0n) is 10.4. The molecule has 96 valence electrons. The van der Waals surface area contributed by atoms with Crippen LogP contribution in [0.2, 0.25) is 0 Å². The highest BCUT2D eigenvalue weighted by atomic mass is 16.3. The van der Waals surface area contributed by atoms with Gasteiger partial charge >= 0.3 is 5.69 Å². The number of imidazole rings is 1. The molecule has 1 saturated heterocycles. The molecular formula is C13H17N3O2. The van der Waals surface area contributed by atoms with Gasteiger partial charge in [-0.05, 0) is 38.1 Å². The summed E-state index contributed by atoms with van der Waals surface area (Å²) >= 11 is 0. The third kappa shape index (κ3) is 1.90. The highest BCUT2D eigenvalue weighted by molar-refractivity contribution is 5.76. The molecule has 5 heteroatoms. The Morgan fingerprint density at radius 2 is 2.33 bits per heavy atom. The summed E-state index contributed by atoms with van der Waals surface area (Å²) in [6.45, 7) is 2.88. The van der Waals surface area contributed by atoms with Crippen LogP contribution in [-0.2, 0) is 6.54 Å². The maximum Gasteiger partial charge on any atom is 0.326 e. The Balaban J connectivity index is 1.96. The molecule has 1 aliphatic rings. The SMILES string of the molecule is CN1CCC(Cn2c(=O)[nH]c3cc(O)ccc32)C1. The molecule has 0 radical (unpaired) electrons. The van der Waals surface area contributed by atoms with Gasteiger partial charge in [-0.25, -0.2) is 4.79 Å². The van der Waals surface area contributed by atoms with Gasteiger partial charge in [-0.1, -0.05) is 0 Å². The molecule has 1 aromatic carbocycles. The number of aromatic nitrogens is 2. The predicted molar refractivity (Wildman–Crippen MR) is 69.8 cm³/mol. The highest BCUT2D eigenvalue weighted by Crippen LogP contribution is 2.20. The fraction of sp³-hybridized carbons (Fsp3) is 0.462. The molecule has 1 unspecified atom stereocenters. The first-order valence-corrected chi connectivity index (χ1v) is 6.23. The molecule has 1 aliphatic heterocycles. The Kier molecular flexibility index (Phi) is 2.63. The van der Waals surface area contributed by atoms with Gasteiger partial charge in [-0.3, -0.25) is 4.57 Å². The number of phenols is 1. The van der Waals surface area contributed by atoms with Gasteiger partial charge in [0.15, 0.2) is 0 Å². The highest BCUT2D eigenvalue weighted by Gasteiger charge is 2.21. The van der Waals surface area contributed by atoms with Crippen LogP contribution < -0.4 is 5.69 Å². The van der Waals surface area contributed by atoms with Gasteiger partial charge in [0.25, 0.3) is 0 Å². The molecule has 2 N–H and O–H groups in total. The first kappa shape index (κ1) is 11.3.